The van der Waals surface area contributed by atoms with Crippen LogP contribution < -0.4 is 25.5 Å². The number of rotatable bonds is 2. The molecule has 64 heavy (non-hydrogen) atoms. The largest absolute Gasteiger partial charge is 0.311 e. The maximum atomic E-state index is 2.67. The van der Waals surface area contributed by atoms with Crippen molar-refractivity contribution in [1.82, 2.24) is 0 Å². The average Bonchev–Trinajstić information content (AvgIpc) is 3.89. The van der Waals surface area contributed by atoms with Gasteiger partial charge in [-0.15, -0.1) is 11.3 Å². The van der Waals surface area contributed by atoms with Crippen molar-refractivity contribution >= 4 is 67.9 Å². The predicted molar refractivity (Wildman–Crippen MR) is 275 cm³/mol. The number of aryl methyl sites for hydroxylation is 1. The molecule has 8 aromatic rings. The van der Waals surface area contributed by atoms with Gasteiger partial charge in [0.15, 0.2) is 0 Å². The van der Waals surface area contributed by atoms with Gasteiger partial charge in [0.2, 0.25) is 0 Å². The van der Waals surface area contributed by atoms with Crippen molar-refractivity contribution in [3.8, 4) is 22.3 Å². The van der Waals surface area contributed by atoms with Crippen molar-refractivity contribution in [2.75, 3.05) is 9.80 Å². The van der Waals surface area contributed by atoms with E-state index >= 15 is 0 Å². The van der Waals surface area contributed by atoms with Gasteiger partial charge in [-0.2, -0.15) is 0 Å². The summed E-state index contributed by atoms with van der Waals surface area (Å²) in [5.41, 5.74) is 24.8. The second-order valence-electron chi connectivity index (χ2n) is 21.8. The third kappa shape index (κ3) is 5.32. The van der Waals surface area contributed by atoms with Crippen LogP contribution in [0.15, 0.2) is 152 Å². The van der Waals surface area contributed by atoms with E-state index in [4.69, 9.17) is 0 Å². The quantitative estimate of drug-likeness (QED) is 0.160. The molecule has 4 heteroatoms. The minimum atomic E-state index is -0.456. The zero-order valence-electron chi connectivity index (χ0n) is 38.8. The molecule has 2 aliphatic carbocycles. The average molecular weight is 847 g/mol. The van der Waals surface area contributed by atoms with Crippen LogP contribution in [-0.2, 0) is 21.7 Å². The van der Waals surface area contributed by atoms with Gasteiger partial charge in [0.25, 0.3) is 6.71 Å². The predicted octanol–water partition coefficient (Wildman–Crippen LogP) is 14.4. The minimum Gasteiger partial charge on any atom is -0.311 e. The zero-order chi connectivity index (χ0) is 44.2. The van der Waals surface area contributed by atoms with Gasteiger partial charge in [-0.05, 0) is 132 Å². The molecule has 7 aromatic carbocycles. The number of nitrogens with zero attached hydrogens (tertiary/aromatic N) is 2. The first kappa shape index (κ1) is 39.5. The van der Waals surface area contributed by atoms with E-state index in [1.165, 1.54) is 116 Å². The van der Waals surface area contributed by atoms with Crippen molar-refractivity contribution in [3.63, 3.8) is 0 Å². The van der Waals surface area contributed by atoms with E-state index in [1.54, 1.807) is 0 Å². The second kappa shape index (κ2) is 13.2. The molecule has 314 valence electrons. The Morgan fingerprint density at radius 1 is 0.469 bits per heavy atom. The molecule has 0 N–H and O–H groups in total. The molecule has 0 fully saturated rings. The van der Waals surface area contributed by atoms with Crippen LogP contribution in [0.3, 0.4) is 0 Å². The first-order valence-electron chi connectivity index (χ1n) is 23.1. The van der Waals surface area contributed by atoms with Gasteiger partial charge in [0.05, 0.1) is 11.1 Å². The molecule has 1 spiro atoms. The molecule has 0 saturated carbocycles. The summed E-state index contributed by atoms with van der Waals surface area (Å²) in [7, 11) is 0. The number of fused-ring (bicyclic) bond motifs is 15. The Bertz CT molecular complexity index is 3190. The highest BCUT2D eigenvalue weighted by Crippen LogP contribution is 2.67. The molecule has 1 aromatic heterocycles. The molecule has 3 heterocycles. The van der Waals surface area contributed by atoms with Crippen LogP contribution in [0.4, 0.5) is 34.1 Å². The molecular formula is C60H55BN2S. The zero-order valence-corrected chi connectivity index (χ0v) is 39.6. The van der Waals surface area contributed by atoms with Crippen molar-refractivity contribution in [3.05, 3.63) is 195 Å². The molecule has 0 saturated heterocycles. The number of thiophene rings is 1. The van der Waals surface area contributed by atoms with E-state index in [0.717, 1.165) is 0 Å². The Labute approximate surface area is 384 Å². The SMILES string of the molecule is Cc1cc2c3c(c1)N(c1ccc(C(C)(C)C)cc1)c1c(sc4c1-c1ccc(C(C)(C)C)cc1C41c4ccccc4-c4ccccc41)B3c1ccccc1N2c1ccc(C(C)(C)C)cc1. The fourth-order valence-electron chi connectivity index (χ4n) is 11.6. The van der Waals surface area contributed by atoms with E-state index in [9.17, 15) is 0 Å². The summed E-state index contributed by atoms with van der Waals surface area (Å²) in [6.45, 7) is 23.2. The number of hydrogen-bond donors (Lipinski definition) is 0. The van der Waals surface area contributed by atoms with Crippen LogP contribution in [-0.4, -0.2) is 6.71 Å². The Balaban J connectivity index is 1.21. The number of benzene rings is 7. The molecule has 12 rings (SSSR count). The van der Waals surface area contributed by atoms with Crippen molar-refractivity contribution in [2.24, 2.45) is 0 Å². The van der Waals surface area contributed by atoms with Crippen molar-refractivity contribution in [2.45, 2.75) is 90.9 Å². The molecule has 0 atom stereocenters. The van der Waals surface area contributed by atoms with Crippen molar-refractivity contribution < 1.29 is 0 Å². The fraction of sp³-hybridized carbons (Fsp3) is 0.233. The van der Waals surface area contributed by atoms with E-state index in [-0.39, 0.29) is 23.0 Å². The van der Waals surface area contributed by atoms with E-state index in [0.29, 0.717) is 0 Å². The van der Waals surface area contributed by atoms with Gasteiger partial charge in [0, 0.05) is 43.7 Å². The summed E-state index contributed by atoms with van der Waals surface area (Å²) in [6, 6.07) is 59.0. The smallest absolute Gasteiger partial charge is 0.264 e. The van der Waals surface area contributed by atoms with Gasteiger partial charge in [-0.1, -0.05) is 172 Å². The van der Waals surface area contributed by atoms with Crippen LogP contribution in [0.5, 0.6) is 0 Å². The first-order chi connectivity index (χ1) is 30.6. The first-order valence-corrected chi connectivity index (χ1v) is 23.9. The number of para-hydroxylation sites is 1. The van der Waals surface area contributed by atoms with Crippen LogP contribution in [0.1, 0.15) is 106 Å². The summed E-state index contributed by atoms with van der Waals surface area (Å²) < 4.78 is 1.42. The normalized spacial score (nSPS) is 15.1. The Hall–Kier alpha value is -6.10. The highest BCUT2D eigenvalue weighted by Gasteiger charge is 2.57. The highest BCUT2D eigenvalue weighted by atomic mass is 32.1. The molecular weight excluding hydrogens is 792 g/mol. The maximum absolute atomic E-state index is 2.67. The minimum absolute atomic E-state index is 0.0121. The number of anilines is 6. The third-order valence-electron chi connectivity index (χ3n) is 14.8. The monoisotopic (exact) mass is 846 g/mol. The lowest BCUT2D eigenvalue weighted by atomic mass is 9.36. The standard InChI is InChI=1S/C60H55BN2S/c1-36-33-50-53-51(34-36)63(41-30-25-38(26-31-41)58(5,6)7)54-52-44-32-27-39(59(8,9)10)35-47(44)60(45-19-13-11-17-42(45)43-18-12-14-20-46(43)60)55(52)64-56(54)61(53)48-21-15-16-22-49(48)62(50)40-28-23-37(24-29-40)57(2,3)4/h11-35H,1-10H3. The molecule has 0 amide bonds. The van der Waals surface area contributed by atoms with Crippen LogP contribution >= 0.6 is 11.3 Å². The summed E-state index contributed by atoms with van der Waals surface area (Å²) in [5.74, 6) is 0. The third-order valence-corrected chi connectivity index (χ3v) is 16.1. The molecule has 2 nitrogen and oxygen atoms in total. The van der Waals surface area contributed by atoms with Gasteiger partial charge in [-0.25, -0.2) is 0 Å². The van der Waals surface area contributed by atoms with Crippen LogP contribution in [0, 0.1) is 6.92 Å². The fourth-order valence-corrected chi connectivity index (χ4v) is 13.3. The Morgan fingerprint density at radius 3 is 1.55 bits per heavy atom. The lowest BCUT2D eigenvalue weighted by Crippen LogP contribution is -2.60. The van der Waals surface area contributed by atoms with Crippen LogP contribution in [0.25, 0.3) is 22.3 Å². The maximum Gasteiger partial charge on any atom is 0.264 e. The summed E-state index contributed by atoms with van der Waals surface area (Å²) in [5, 5.41) is 0. The van der Waals surface area contributed by atoms with E-state index < -0.39 is 5.41 Å². The van der Waals surface area contributed by atoms with E-state index in [1.807, 2.05) is 0 Å². The van der Waals surface area contributed by atoms with E-state index in [2.05, 4.69) is 242 Å². The Kier molecular flexibility index (Phi) is 8.17. The summed E-state index contributed by atoms with van der Waals surface area (Å²) >= 11 is 2.07. The van der Waals surface area contributed by atoms with Gasteiger partial charge in [0.1, 0.15) is 0 Å². The summed E-state index contributed by atoms with van der Waals surface area (Å²) in [6.07, 6.45) is 0. The molecule has 0 bridgehead atoms. The second-order valence-corrected chi connectivity index (χ2v) is 22.9. The topological polar surface area (TPSA) is 6.48 Å². The molecule has 0 radical (unpaired) electrons. The molecule has 0 unspecified atom stereocenters. The molecule has 4 aliphatic rings. The van der Waals surface area contributed by atoms with Crippen LogP contribution in [0.2, 0.25) is 0 Å². The highest BCUT2D eigenvalue weighted by molar-refractivity contribution is 7.30. The Morgan fingerprint density at radius 2 is 0.969 bits per heavy atom. The molecule has 2 aliphatic heterocycles. The lowest BCUT2D eigenvalue weighted by Gasteiger charge is -2.43. The number of hydrogen-bond acceptors (Lipinski definition) is 3. The van der Waals surface area contributed by atoms with Gasteiger partial charge < -0.3 is 9.80 Å². The summed E-state index contributed by atoms with van der Waals surface area (Å²) in [4.78, 5) is 6.66. The lowest BCUT2D eigenvalue weighted by molar-refractivity contribution is 0.588. The van der Waals surface area contributed by atoms with Crippen molar-refractivity contribution in [1.29, 1.82) is 0 Å². The van der Waals surface area contributed by atoms with Gasteiger partial charge in [-0.3, -0.25) is 0 Å². The van der Waals surface area contributed by atoms with Gasteiger partial charge >= 0.3 is 0 Å².